The van der Waals surface area contributed by atoms with Crippen LogP contribution < -0.4 is 15.2 Å². The first kappa shape index (κ1) is 14.2. The van der Waals surface area contributed by atoms with Gasteiger partial charge in [0.1, 0.15) is 11.5 Å². The molecule has 0 heterocycles. The van der Waals surface area contributed by atoms with Crippen LogP contribution in [0.15, 0.2) is 12.1 Å². The molecule has 0 radical (unpaired) electrons. The molecule has 2 rings (SSSR count). The highest BCUT2D eigenvalue weighted by atomic mass is 16.5. The molecule has 19 heavy (non-hydrogen) atoms. The average molecular weight is 263 g/mol. The van der Waals surface area contributed by atoms with Gasteiger partial charge in [-0.3, -0.25) is 0 Å². The lowest BCUT2D eigenvalue weighted by Crippen LogP contribution is -2.27. The molecule has 0 bridgehead atoms. The molecule has 0 unspecified atom stereocenters. The van der Waals surface area contributed by atoms with Crippen molar-refractivity contribution in [2.75, 3.05) is 14.2 Å². The maximum Gasteiger partial charge on any atom is 0.128 e. The van der Waals surface area contributed by atoms with Crippen LogP contribution in [-0.4, -0.2) is 20.3 Å². The maximum atomic E-state index is 5.97. The normalized spacial score (nSPS) is 23.2. The fourth-order valence-corrected chi connectivity index (χ4v) is 3.10. The van der Waals surface area contributed by atoms with Crippen LogP contribution in [0.4, 0.5) is 0 Å². The van der Waals surface area contributed by atoms with Crippen LogP contribution >= 0.6 is 0 Å². The van der Waals surface area contributed by atoms with Crippen LogP contribution in [0.2, 0.25) is 0 Å². The first-order valence-corrected chi connectivity index (χ1v) is 7.11. The number of nitrogens with two attached hydrogens (primary N) is 1. The molecule has 1 aliphatic carbocycles. The summed E-state index contributed by atoms with van der Waals surface area (Å²) in [5.41, 5.74) is 8.35. The first-order chi connectivity index (χ1) is 9.15. The van der Waals surface area contributed by atoms with Gasteiger partial charge in [0.05, 0.1) is 14.2 Å². The third kappa shape index (κ3) is 3.21. The summed E-state index contributed by atoms with van der Waals surface area (Å²) in [6, 6.07) is 4.59. The molecule has 1 aromatic carbocycles. The highest BCUT2D eigenvalue weighted by Gasteiger charge is 2.21. The smallest absolute Gasteiger partial charge is 0.128 e. The van der Waals surface area contributed by atoms with Crippen molar-refractivity contribution in [1.29, 1.82) is 0 Å². The van der Waals surface area contributed by atoms with Crippen molar-refractivity contribution in [3.63, 3.8) is 0 Å². The summed E-state index contributed by atoms with van der Waals surface area (Å²) in [5.74, 6) is 2.61. The van der Waals surface area contributed by atoms with E-state index in [1.165, 1.54) is 18.4 Å². The van der Waals surface area contributed by atoms with Crippen molar-refractivity contribution in [2.24, 2.45) is 11.7 Å². The number of rotatable bonds is 4. The van der Waals surface area contributed by atoms with E-state index >= 15 is 0 Å². The Labute approximate surface area is 116 Å². The summed E-state index contributed by atoms with van der Waals surface area (Å²) < 4.78 is 10.9. The van der Waals surface area contributed by atoms with E-state index in [1.54, 1.807) is 14.2 Å². The Kier molecular flexibility index (Phi) is 4.70. The van der Waals surface area contributed by atoms with Gasteiger partial charge in [-0.15, -0.1) is 0 Å². The molecule has 0 aliphatic heterocycles. The maximum absolute atomic E-state index is 5.97. The Morgan fingerprint density at radius 1 is 1.11 bits per heavy atom. The summed E-state index contributed by atoms with van der Waals surface area (Å²) in [7, 11) is 3.44. The van der Waals surface area contributed by atoms with E-state index in [0.29, 0.717) is 6.04 Å². The Balaban J connectivity index is 2.14. The second-order valence-corrected chi connectivity index (χ2v) is 5.57. The van der Waals surface area contributed by atoms with Crippen molar-refractivity contribution >= 4 is 0 Å². The van der Waals surface area contributed by atoms with Crippen molar-refractivity contribution in [3.05, 3.63) is 23.3 Å². The minimum Gasteiger partial charge on any atom is -0.496 e. The van der Waals surface area contributed by atoms with E-state index in [0.717, 1.165) is 42.2 Å². The topological polar surface area (TPSA) is 44.5 Å². The summed E-state index contributed by atoms with van der Waals surface area (Å²) in [5, 5.41) is 0. The zero-order chi connectivity index (χ0) is 13.8. The molecule has 0 aromatic heterocycles. The van der Waals surface area contributed by atoms with E-state index < -0.39 is 0 Å². The van der Waals surface area contributed by atoms with Crippen LogP contribution in [0.1, 0.15) is 36.8 Å². The molecule has 1 fully saturated rings. The minimum absolute atomic E-state index is 0.413. The van der Waals surface area contributed by atoms with Gasteiger partial charge in [-0.2, -0.15) is 0 Å². The zero-order valence-corrected chi connectivity index (χ0v) is 12.2. The monoisotopic (exact) mass is 263 g/mol. The Bertz CT molecular complexity index is 423. The molecule has 0 amide bonds. The van der Waals surface area contributed by atoms with Gasteiger partial charge in [0.25, 0.3) is 0 Å². The molecule has 106 valence electrons. The summed E-state index contributed by atoms with van der Waals surface area (Å²) in [4.78, 5) is 0. The lowest BCUT2D eigenvalue weighted by atomic mass is 9.82. The fourth-order valence-electron chi connectivity index (χ4n) is 3.10. The third-order valence-electron chi connectivity index (χ3n) is 4.26. The van der Waals surface area contributed by atoms with Gasteiger partial charge in [-0.05, 0) is 56.6 Å². The number of hydrogen-bond donors (Lipinski definition) is 1. The van der Waals surface area contributed by atoms with Gasteiger partial charge in [0.15, 0.2) is 0 Å². The Morgan fingerprint density at radius 3 is 2.37 bits per heavy atom. The molecular formula is C16H25NO2. The number of benzene rings is 1. The molecule has 3 nitrogen and oxygen atoms in total. The molecule has 0 atom stereocenters. The van der Waals surface area contributed by atoms with Crippen LogP contribution in [-0.2, 0) is 6.42 Å². The SMILES string of the molecule is COc1ccc(CC2CCC(N)CC2)c(OC)c1C. The minimum atomic E-state index is 0.413. The average Bonchev–Trinajstić information content (AvgIpc) is 2.42. The second kappa shape index (κ2) is 6.29. The van der Waals surface area contributed by atoms with E-state index in [4.69, 9.17) is 15.2 Å². The van der Waals surface area contributed by atoms with Crippen LogP contribution in [0.25, 0.3) is 0 Å². The predicted molar refractivity (Wildman–Crippen MR) is 77.9 cm³/mol. The van der Waals surface area contributed by atoms with E-state index in [9.17, 15) is 0 Å². The van der Waals surface area contributed by atoms with Crippen molar-refractivity contribution < 1.29 is 9.47 Å². The molecule has 0 spiro atoms. The van der Waals surface area contributed by atoms with Crippen molar-refractivity contribution in [1.82, 2.24) is 0 Å². The highest BCUT2D eigenvalue weighted by molar-refractivity contribution is 5.49. The first-order valence-electron chi connectivity index (χ1n) is 7.11. The van der Waals surface area contributed by atoms with Gasteiger partial charge in [0.2, 0.25) is 0 Å². The van der Waals surface area contributed by atoms with E-state index in [2.05, 4.69) is 13.0 Å². The summed E-state index contributed by atoms with van der Waals surface area (Å²) in [6.07, 6.45) is 5.86. The quantitative estimate of drug-likeness (QED) is 0.908. The van der Waals surface area contributed by atoms with Crippen molar-refractivity contribution in [2.45, 2.75) is 45.1 Å². The highest BCUT2D eigenvalue weighted by Crippen LogP contribution is 2.35. The standard InChI is InChI=1S/C16H25NO2/c1-11-15(18-2)9-6-13(16(11)19-3)10-12-4-7-14(17)8-5-12/h6,9,12,14H,4-5,7-8,10,17H2,1-3H3. The van der Waals surface area contributed by atoms with E-state index in [-0.39, 0.29) is 0 Å². The lowest BCUT2D eigenvalue weighted by Gasteiger charge is -2.27. The van der Waals surface area contributed by atoms with Crippen LogP contribution in [0.5, 0.6) is 11.5 Å². The van der Waals surface area contributed by atoms with Gasteiger partial charge in [0, 0.05) is 11.6 Å². The molecule has 0 saturated heterocycles. The second-order valence-electron chi connectivity index (χ2n) is 5.57. The van der Waals surface area contributed by atoms with Crippen LogP contribution in [0.3, 0.4) is 0 Å². The van der Waals surface area contributed by atoms with Gasteiger partial charge in [-0.25, -0.2) is 0 Å². The van der Waals surface area contributed by atoms with Crippen LogP contribution in [0, 0.1) is 12.8 Å². The number of ether oxygens (including phenoxy) is 2. The molecule has 1 aromatic rings. The molecule has 1 aliphatic rings. The fraction of sp³-hybridized carbons (Fsp3) is 0.625. The predicted octanol–water partition coefficient (Wildman–Crippen LogP) is 3.07. The van der Waals surface area contributed by atoms with Gasteiger partial charge < -0.3 is 15.2 Å². The van der Waals surface area contributed by atoms with Gasteiger partial charge >= 0.3 is 0 Å². The van der Waals surface area contributed by atoms with E-state index in [1.807, 2.05) is 6.07 Å². The number of methoxy groups -OCH3 is 2. The molecule has 1 saturated carbocycles. The molecular weight excluding hydrogens is 238 g/mol. The number of hydrogen-bond acceptors (Lipinski definition) is 3. The largest absolute Gasteiger partial charge is 0.496 e. The van der Waals surface area contributed by atoms with Crippen molar-refractivity contribution in [3.8, 4) is 11.5 Å². The zero-order valence-electron chi connectivity index (χ0n) is 12.2. The lowest BCUT2D eigenvalue weighted by molar-refractivity contribution is 0.319. The summed E-state index contributed by atoms with van der Waals surface area (Å²) in [6.45, 7) is 2.05. The molecule has 2 N–H and O–H groups in total. The molecule has 3 heteroatoms. The third-order valence-corrected chi connectivity index (χ3v) is 4.26. The van der Waals surface area contributed by atoms with Gasteiger partial charge in [-0.1, -0.05) is 6.07 Å². The Hall–Kier alpha value is -1.22. The summed E-state index contributed by atoms with van der Waals surface area (Å²) >= 11 is 0. The Morgan fingerprint density at radius 2 is 1.79 bits per heavy atom.